The molecule has 14 nitrogen and oxygen atoms in total. The van der Waals surface area contributed by atoms with E-state index in [1.165, 1.54) is 31.4 Å². The Balaban J connectivity index is 1.17. The molecular weight excluding hydrogens is 632 g/mol. The number of esters is 3. The zero-order valence-electron chi connectivity index (χ0n) is 25.8. The fraction of sp³-hybridized carbons (Fsp3) is 0.441. The predicted molar refractivity (Wildman–Crippen MR) is 160 cm³/mol. The summed E-state index contributed by atoms with van der Waals surface area (Å²) in [4.78, 5) is 61.5. The highest BCUT2D eigenvalue weighted by molar-refractivity contribution is 5.87. The Hall–Kier alpha value is -4.95. The SMILES string of the molecule is COc1ccc2c3c1O[C@@H]1C(OC(=O)C[C@H](O)C(=O)O[C@H](C(=O)O[C@@H](CC(=O)O)C(=O)O)c4ccccc4)=CC[C@]4(O)[C@@H](CCC[C@@]314)C2. The van der Waals surface area contributed by atoms with Crippen LogP contribution in [0.4, 0.5) is 0 Å². The van der Waals surface area contributed by atoms with E-state index in [-0.39, 0.29) is 23.7 Å². The fourth-order valence-corrected chi connectivity index (χ4v) is 7.71. The van der Waals surface area contributed by atoms with Gasteiger partial charge in [0.15, 0.2) is 23.7 Å². The Morgan fingerprint density at radius 2 is 1.75 bits per heavy atom. The van der Waals surface area contributed by atoms with E-state index in [1.54, 1.807) is 12.1 Å². The van der Waals surface area contributed by atoms with Crippen LogP contribution in [0.15, 0.2) is 54.3 Å². The Morgan fingerprint density at radius 1 is 1.00 bits per heavy atom. The molecule has 1 spiro atoms. The number of ether oxygens (including phenoxy) is 5. The molecule has 14 heteroatoms. The van der Waals surface area contributed by atoms with Crippen LogP contribution < -0.4 is 9.47 Å². The Bertz CT molecular complexity index is 1680. The summed E-state index contributed by atoms with van der Waals surface area (Å²) in [6.45, 7) is 0. The standard InChI is InChI=1S/C34H34O14/c1-44-21-10-9-18-14-19-8-5-12-33-26(18)28(21)47-29(33)22(11-13-34(19,33)43)45-25(38)15-20(35)31(41)48-27(17-6-3-2-4-7-17)32(42)46-23(30(39)40)16-24(36)37/h2-4,6-7,9-11,19-20,23,27,29,35,43H,5,8,12-16H2,1H3,(H,36,37)(H,39,40)/t19-,20-,23-,27-,29+,33+,34-/m0/s1. The number of carboxylic acid groups (broad SMARTS) is 2. The van der Waals surface area contributed by atoms with Crippen LogP contribution in [0.1, 0.15) is 61.3 Å². The van der Waals surface area contributed by atoms with Gasteiger partial charge < -0.3 is 44.1 Å². The van der Waals surface area contributed by atoms with Gasteiger partial charge in [-0.15, -0.1) is 0 Å². The summed E-state index contributed by atoms with van der Waals surface area (Å²) in [5.41, 5.74) is -0.117. The molecule has 1 aliphatic heterocycles. The molecule has 1 heterocycles. The van der Waals surface area contributed by atoms with Gasteiger partial charge in [-0.3, -0.25) is 9.59 Å². The average Bonchev–Trinajstić information content (AvgIpc) is 3.39. The highest BCUT2D eigenvalue weighted by atomic mass is 16.6. The number of carboxylic acids is 2. The fourth-order valence-electron chi connectivity index (χ4n) is 7.71. The second-order valence-corrected chi connectivity index (χ2v) is 12.4. The number of aliphatic carboxylic acids is 2. The van der Waals surface area contributed by atoms with Crippen LogP contribution in [0.5, 0.6) is 11.5 Å². The normalized spacial score (nSPS) is 26.4. The summed E-state index contributed by atoms with van der Waals surface area (Å²) < 4.78 is 27.7. The molecule has 6 rings (SSSR count). The lowest BCUT2D eigenvalue weighted by Gasteiger charge is -2.59. The molecule has 3 aliphatic carbocycles. The highest BCUT2D eigenvalue weighted by Crippen LogP contribution is 2.67. The molecule has 7 atom stereocenters. The van der Waals surface area contributed by atoms with E-state index in [1.807, 2.05) is 12.1 Å². The first-order valence-corrected chi connectivity index (χ1v) is 15.5. The van der Waals surface area contributed by atoms with E-state index in [2.05, 4.69) is 0 Å². The molecule has 2 bridgehead atoms. The van der Waals surface area contributed by atoms with Gasteiger partial charge in [-0.25, -0.2) is 14.4 Å². The van der Waals surface area contributed by atoms with Crippen LogP contribution in [0.3, 0.4) is 0 Å². The molecule has 0 amide bonds. The maximum absolute atomic E-state index is 13.2. The van der Waals surface area contributed by atoms with Gasteiger partial charge in [0.1, 0.15) is 5.76 Å². The molecule has 254 valence electrons. The lowest BCUT2D eigenvalue weighted by atomic mass is 9.47. The van der Waals surface area contributed by atoms with E-state index < -0.39 is 78.1 Å². The van der Waals surface area contributed by atoms with Crippen LogP contribution in [0, 0.1) is 5.92 Å². The smallest absolute Gasteiger partial charge is 0.353 e. The number of carbonyl (C=O) groups excluding carboxylic acids is 3. The van der Waals surface area contributed by atoms with Crippen molar-refractivity contribution in [2.45, 2.75) is 80.4 Å². The topological polar surface area (TPSA) is 212 Å². The van der Waals surface area contributed by atoms with Gasteiger partial charge in [0.05, 0.1) is 31.0 Å². The van der Waals surface area contributed by atoms with Crippen molar-refractivity contribution in [3.8, 4) is 11.5 Å². The molecule has 4 aliphatic rings. The van der Waals surface area contributed by atoms with Crippen molar-refractivity contribution < 1.29 is 68.1 Å². The number of aliphatic hydroxyl groups is 2. The van der Waals surface area contributed by atoms with Gasteiger partial charge in [-0.2, -0.15) is 0 Å². The average molecular weight is 667 g/mol. The van der Waals surface area contributed by atoms with E-state index in [0.29, 0.717) is 24.3 Å². The van der Waals surface area contributed by atoms with Crippen LogP contribution >= 0.6 is 0 Å². The second kappa shape index (κ2) is 12.6. The molecule has 0 unspecified atom stereocenters. The lowest BCUT2D eigenvalue weighted by molar-refractivity contribution is -0.183. The summed E-state index contributed by atoms with van der Waals surface area (Å²) in [6, 6.07) is 11.1. The van der Waals surface area contributed by atoms with Gasteiger partial charge in [0.25, 0.3) is 0 Å². The number of aliphatic hydroxyl groups excluding tert-OH is 1. The van der Waals surface area contributed by atoms with Gasteiger partial charge in [0.2, 0.25) is 12.2 Å². The molecule has 0 radical (unpaired) electrons. The minimum atomic E-state index is -2.12. The molecule has 2 aromatic rings. The van der Waals surface area contributed by atoms with Crippen molar-refractivity contribution in [2.75, 3.05) is 7.11 Å². The summed E-state index contributed by atoms with van der Waals surface area (Å²) in [5.74, 6) is -6.06. The Labute approximate surface area is 273 Å². The zero-order valence-corrected chi connectivity index (χ0v) is 25.8. The monoisotopic (exact) mass is 666 g/mol. The van der Waals surface area contributed by atoms with Crippen molar-refractivity contribution in [3.63, 3.8) is 0 Å². The van der Waals surface area contributed by atoms with Gasteiger partial charge in [0, 0.05) is 11.1 Å². The van der Waals surface area contributed by atoms with Crippen molar-refractivity contribution >= 4 is 29.8 Å². The van der Waals surface area contributed by atoms with Crippen LogP contribution in [-0.2, 0) is 50.0 Å². The molecule has 0 aromatic heterocycles. The first kappa shape index (κ1) is 33.0. The van der Waals surface area contributed by atoms with Crippen molar-refractivity contribution in [1.82, 2.24) is 0 Å². The molecule has 4 N–H and O–H groups in total. The minimum Gasteiger partial charge on any atom is -0.493 e. The van der Waals surface area contributed by atoms with Crippen LogP contribution in [-0.4, -0.2) is 81.3 Å². The lowest BCUT2D eigenvalue weighted by Crippen LogP contribution is -2.67. The van der Waals surface area contributed by atoms with E-state index in [9.17, 15) is 39.3 Å². The van der Waals surface area contributed by atoms with E-state index >= 15 is 0 Å². The summed E-state index contributed by atoms with van der Waals surface area (Å²) >= 11 is 0. The van der Waals surface area contributed by atoms with E-state index in [4.69, 9.17) is 28.8 Å². The molecular formula is C34H34O14. The third-order valence-electron chi connectivity index (χ3n) is 9.78. The summed E-state index contributed by atoms with van der Waals surface area (Å²) in [6.07, 6.45) is -4.20. The quantitative estimate of drug-likeness (QED) is 0.189. The van der Waals surface area contributed by atoms with Crippen molar-refractivity contribution in [3.05, 3.63) is 71.0 Å². The third kappa shape index (κ3) is 5.44. The number of hydrogen-bond donors (Lipinski definition) is 4. The number of rotatable bonds is 12. The Morgan fingerprint density at radius 3 is 2.44 bits per heavy atom. The minimum absolute atomic E-state index is 0.0338. The van der Waals surface area contributed by atoms with Crippen LogP contribution in [0.2, 0.25) is 0 Å². The first-order chi connectivity index (χ1) is 22.9. The zero-order chi connectivity index (χ0) is 34.4. The maximum Gasteiger partial charge on any atom is 0.353 e. The molecule has 1 saturated carbocycles. The number of methoxy groups -OCH3 is 1. The first-order valence-electron chi connectivity index (χ1n) is 15.5. The third-order valence-corrected chi connectivity index (χ3v) is 9.78. The molecule has 0 saturated heterocycles. The number of benzene rings is 2. The maximum atomic E-state index is 13.2. The van der Waals surface area contributed by atoms with Gasteiger partial charge >= 0.3 is 29.8 Å². The Kier molecular flexibility index (Phi) is 8.64. The van der Waals surface area contributed by atoms with Gasteiger partial charge in [-0.05, 0) is 49.3 Å². The predicted octanol–water partition coefficient (Wildman–Crippen LogP) is 2.12. The number of carbonyl (C=O) groups is 5. The summed E-state index contributed by atoms with van der Waals surface area (Å²) in [7, 11) is 1.51. The molecule has 1 fully saturated rings. The van der Waals surface area contributed by atoms with E-state index in [0.717, 1.165) is 24.0 Å². The van der Waals surface area contributed by atoms with Crippen molar-refractivity contribution in [1.29, 1.82) is 0 Å². The molecule has 48 heavy (non-hydrogen) atoms. The molecule has 2 aromatic carbocycles. The van der Waals surface area contributed by atoms with Crippen molar-refractivity contribution in [2.24, 2.45) is 5.92 Å². The van der Waals surface area contributed by atoms with Crippen LogP contribution in [0.25, 0.3) is 0 Å². The number of hydrogen-bond acceptors (Lipinski definition) is 12. The summed E-state index contributed by atoms with van der Waals surface area (Å²) in [5, 5.41) is 41.1. The second-order valence-electron chi connectivity index (χ2n) is 12.4. The van der Waals surface area contributed by atoms with Gasteiger partial charge in [-0.1, -0.05) is 42.8 Å². The highest BCUT2D eigenvalue weighted by Gasteiger charge is 2.71. The largest absolute Gasteiger partial charge is 0.493 e.